The number of anilines is 2. The van der Waals surface area contributed by atoms with E-state index >= 15 is 0 Å². The number of nitrogens with one attached hydrogen (secondary N) is 1. The summed E-state index contributed by atoms with van der Waals surface area (Å²) in [6.07, 6.45) is 0. The molecule has 0 saturated carbocycles. The summed E-state index contributed by atoms with van der Waals surface area (Å²) < 4.78 is 1.30. The molecule has 31 heavy (non-hydrogen) atoms. The fraction of sp³-hybridized carbons (Fsp3) is 0.261. The number of nitrogens with zero attached hydrogens (tertiary/aromatic N) is 4. The van der Waals surface area contributed by atoms with E-state index < -0.39 is 0 Å². The molecule has 4 rings (SSSR count). The average molecular weight is 438 g/mol. The van der Waals surface area contributed by atoms with E-state index in [0.717, 1.165) is 37.4 Å². The second-order valence-electron chi connectivity index (χ2n) is 7.61. The molecule has 1 saturated heterocycles. The normalized spacial score (nSPS) is 14.5. The highest BCUT2D eigenvalue weighted by Gasteiger charge is 2.19. The molecule has 0 spiro atoms. The zero-order chi connectivity index (χ0) is 21.8. The highest BCUT2D eigenvalue weighted by Crippen LogP contribution is 2.30. The van der Waals surface area contributed by atoms with E-state index in [1.165, 1.54) is 16.8 Å². The Hall–Kier alpha value is -3.16. The molecule has 0 atom stereocenters. The SMILES string of the molecule is CN1CCN(c2ccc(Cl)cc2NC(=O)c2ccc(=O)n(Cc3ccccc3)n2)CC1. The molecule has 2 heterocycles. The molecule has 0 radical (unpaired) electrons. The van der Waals surface area contributed by atoms with Crippen LogP contribution >= 0.6 is 11.6 Å². The molecule has 0 unspecified atom stereocenters. The van der Waals surface area contributed by atoms with Crippen LogP contribution in [0, 0.1) is 0 Å². The summed E-state index contributed by atoms with van der Waals surface area (Å²) in [5.41, 5.74) is 2.39. The minimum atomic E-state index is -0.389. The maximum atomic E-state index is 13.0. The third-order valence-corrected chi connectivity index (χ3v) is 5.56. The zero-order valence-electron chi connectivity index (χ0n) is 17.3. The van der Waals surface area contributed by atoms with Crippen molar-refractivity contribution in [2.75, 3.05) is 43.4 Å². The van der Waals surface area contributed by atoms with Crippen LogP contribution in [-0.4, -0.2) is 53.8 Å². The molecule has 0 bridgehead atoms. The van der Waals surface area contributed by atoms with Crippen LogP contribution in [0.5, 0.6) is 0 Å². The highest BCUT2D eigenvalue weighted by molar-refractivity contribution is 6.31. The lowest BCUT2D eigenvalue weighted by Gasteiger charge is -2.35. The number of benzene rings is 2. The van der Waals surface area contributed by atoms with Crippen LogP contribution in [0.15, 0.2) is 65.5 Å². The maximum absolute atomic E-state index is 13.0. The van der Waals surface area contributed by atoms with E-state index in [1.54, 1.807) is 6.07 Å². The van der Waals surface area contributed by atoms with Gasteiger partial charge >= 0.3 is 0 Å². The zero-order valence-corrected chi connectivity index (χ0v) is 18.0. The van der Waals surface area contributed by atoms with E-state index in [4.69, 9.17) is 11.6 Å². The van der Waals surface area contributed by atoms with E-state index in [9.17, 15) is 9.59 Å². The number of rotatable bonds is 5. The minimum absolute atomic E-state index is 0.167. The van der Waals surface area contributed by atoms with Crippen molar-refractivity contribution in [2.45, 2.75) is 6.54 Å². The number of likely N-dealkylation sites (N-methyl/N-ethyl adjacent to an activating group) is 1. The Morgan fingerprint density at radius 3 is 2.52 bits per heavy atom. The summed E-state index contributed by atoms with van der Waals surface area (Å²) in [5.74, 6) is -0.389. The molecule has 1 aliphatic heterocycles. The number of hydrogen-bond donors (Lipinski definition) is 1. The molecule has 3 aromatic rings. The van der Waals surface area contributed by atoms with E-state index in [0.29, 0.717) is 17.3 Å². The van der Waals surface area contributed by atoms with Gasteiger partial charge in [0.2, 0.25) is 0 Å². The third-order valence-electron chi connectivity index (χ3n) is 5.33. The van der Waals surface area contributed by atoms with Crippen LogP contribution in [0.25, 0.3) is 0 Å². The Labute approximate surface area is 185 Å². The number of carbonyl (C=O) groups excluding carboxylic acids is 1. The molecule has 0 aliphatic carbocycles. The van der Waals surface area contributed by atoms with Gasteiger partial charge in [-0.25, -0.2) is 4.68 Å². The molecule has 1 fully saturated rings. The molecule has 2 aromatic carbocycles. The summed E-state index contributed by atoms with van der Waals surface area (Å²) >= 11 is 6.21. The largest absolute Gasteiger partial charge is 0.367 e. The Balaban J connectivity index is 1.56. The van der Waals surface area contributed by atoms with Gasteiger partial charge in [0, 0.05) is 37.3 Å². The number of carbonyl (C=O) groups is 1. The van der Waals surface area contributed by atoms with Gasteiger partial charge in [0.05, 0.1) is 17.9 Å². The predicted molar refractivity (Wildman–Crippen MR) is 123 cm³/mol. The van der Waals surface area contributed by atoms with Crippen molar-refractivity contribution < 1.29 is 4.79 Å². The number of amides is 1. The topological polar surface area (TPSA) is 70.5 Å². The minimum Gasteiger partial charge on any atom is -0.367 e. The van der Waals surface area contributed by atoms with E-state index in [-0.39, 0.29) is 17.2 Å². The van der Waals surface area contributed by atoms with Gasteiger partial charge in [0.25, 0.3) is 11.5 Å². The van der Waals surface area contributed by atoms with Crippen LogP contribution < -0.4 is 15.8 Å². The van der Waals surface area contributed by atoms with Crippen molar-refractivity contribution in [1.82, 2.24) is 14.7 Å². The van der Waals surface area contributed by atoms with E-state index in [2.05, 4.69) is 27.3 Å². The first-order valence-corrected chi connectivity index (χ1v) is 10.5. The van der Waals surface area contributed by atoms with Crippen LogP contribution in [0.3, 0.4) is 0 Å². The Bertz CT molecular complexity index is 1120. The van der Waals surface area contributed by atoms with Crippen molar-refractivity contribution in [3.8, 4) is 0 Å². The first-order chi connectivity index (χ1) is 15.0. The van der Waals surface area contributed by atoms with Crippen LogP contribution in [0.4, 0.5) is 11.4 Å². The first-order valence-electron chi connectivity index (χ1n) is 10.2. The number of aromatic nitrogens is 2. The van der Waals surface area contributed by atoms with Gasteiger partial charge in [-0.2, -0.15) is 5.10 Å². The van der Waals surface area contributed by atoms with Crippen molar-refractivity contribution >= 4 is 28.9 Å². The van der Waals surface area contributed by atoms with Gasteiger partial charge in [-0.05, 0) is 36.9 Å². The number of piperazine rings is 1. The van der Waals surface area contributed by atoms with Crippen molar-refractivity contribution in [3.05, 3.63) is 87.3 Å². The highest BCUT2D eigenvalue weighted by atomic mass is 35.5. The van der Waals surface area contributed by atoms with Gasteiger partial charge in [-0.15, -0.1) is 0 Å². The maximum Gasteiger partial charge on any atom is 0.276 e. The second-order valence-corrected chi connectivity index (χ2v) is 8.04. The predicted octanol–water partition coefficient (Wildman–Crippen LogP) is 2.95. The van der Waals surface area contributed by atoms with Gasteiger partial charge in [0.1, 0.15) is 5.69 Å². The van der Waals surface area contributed by atoms with Crippen LogP contribution in [0.1, 0.15) is 16.1 Å². The quantitative estimate of drug-likeness (QED) is 0.664. The molecule has 1 amide bonds. The standard InChI is InChI=1S/C23H24ClN5O2/c1-27-11-13-28(14-12-27)21-9-7-18(24)15-20(21)25-23(31)19-8-10-22(30)29(26-19)16-17-5-3-2-4-6-17/h2-10,15H,11-14,16H2,1H3,(H,25,31). The molecule has 1 N–H and O–H groups in total. The van der Waals surface area contributed by atoms with Crippen molar-refractivity contribution in [1.29, 1.82) is 0 Å². The summed E-state index contributed by atoms with van der Waals surface area (Å²) in [6, 6.07) is 17.8. The lowest BCUT2D eigenvalue weighted by atomic mass is 10.2. The molecule has 160 valence electrons. The van der Waals surface area contributed by atoms with Crippen LogP contribution in [-0.2, 0) is 6.54 Å². The third kappa shape index (κ3) is 5.13. The molecule has 8 heteroatoms. The van der Waals surface area contributed by atoms with Gasteiger partial charge in [-0.1, -0.05) is 41.9 Å². The number of hydrogen-bond acceptors (Lipinski definition) is 5. The van der Waals surface area contributed by atoms with E-state index in [1.807, 2.05) is 42.5 Å². The lowest BCUT2D eigenvalue weighted by molar-refractivity contribution is 0.102. The van der Waals surface area contributed by atoms with Crippen molar-refractivity contribution in [2.24, 2.45) is 0 Å². The van der Waals surface area contributed by atoms with Crippen molar-refractivity contribution in [3.63, 3.8) is 0 Å². The van der Waals surface area contributed by atoms with Crippen LogP contribution in [0.2, 0.25) is 5.02 Å². The second kappa shape index (κ2) is 9.32. The fourth-order valence-corrected chi connectivity index (χ4v) is 3.73. The Morgan fingerprint density at radius 2 is 1.77 bits per heavy atom. The molecule has 1 aliphatic rings. The summed E-state index contributed by atoms with van der Waals surface area (Å²) in [6.45, 7) is 3.91. The summed E-state index contributed by atoms with van der Waals surface area (Å²) in [7, 11) is 2.10. The average Bonchev–Trinajstić information content (AvgIpc) is 2.77. The van der Waals surface area contributed by atoms with Gasteiger partial charge in [0.15, 0.2) is 0 Å². The lowest BCUT2D eigenvalue weighted by Crippen LogP contribution is -2.44. The summed E-state index contributed by atoms with van der Waals surface area (Å²) in [5, 5.41) is 7.74. The fourth-order valence-electron chi connectivity index (χ4n) is 3.56. The molecular weight excluding hydrogens is 414 g/mol. The number of halogens is 1. The molecule has 1 aromatic heterocycles. The molecule has 7 nitrogen and oxygen atoms in total. The molecular formula is C23H24ClN5O2. The monoisotopic (exact) mass is 437 g/mol. The Morgan fingerprint density at radius 1 is 1.03 bits per heavy atom. The summed E-state index contributed by atoms with van der Waals surface area (Å²) in [4.78, 5) is 29.7. The smallest absolute Gasteiger partial charge is 0.276 e. The Kier molecular flexibility index (Phi) is 6.34. The first kappa shape index (κ1) is 21.1. The van der Waals surface area contributed by atoms with Gasteiger partial charge in [-0.3, -0.25) is 9.59 Å². The van der Waals surface area contributed by atoms with Gasteiger partial charge < -0.3 is 15.1 Å².